The molecule has 0 bridgehead atoms. The summed E-state index contributed by atoms with van der Waals surface area (Å²) in [7, 11) is 0. The zero-order valence-corrected chi connectivity index (χ0v) is 18.0. The average Bonchev–Trinajstić information content (AvgIpc) is 3.35. The van der Waals surface area contributed by atoms with E-state index >= 15 is 0 Å². The van der Waals surface area contributed by atoms with Crippen LogP contribution < -0.4 is 14.8 Å². The van der Waals surface area contributed by atoms with Crippen molar-refractivity contribution in [3.8, 4) is 5.75 Å². The third kappa shape index (κ3) is 3.98. The molecule has 2 aliphatic heterocycles. The summed E-state index contributed by atoms with van der Waals surface area (Å²) in [5.41, 5.74) is 2.16. The minimum atomic E-state index is -4.50. The maximum atomic E-state index is 13.0. The molecule has 1 aromatic heterocycles. The molecule has 0 fully saturated rings. The number of aromatic amines is 1. The lowest BCUT2D eigenvalue weighted by molar-refractivity contribution is -0.137. The van der Waals surface area contributed by atoms with Crippen molar-refractivity contribution in [3.63, 3.8) is 0 Å². The van der Waals surface area contributed by atoms with Gasteiger partial charge in [-0.1, -0.05) is 11.6 Å². The van der Waals surface area contributed by atoms with Crippen LogP contribution in [-0.2, 0) is 6.18 Å². The summed E-state index contributed by atoms with van der Waals surface area (Å²) >= 11 is 7.49. The van der Waals surface area contributed by atoms with E-state index in [1.165, 1.54) is 12.1 Å². The fourth-order valence-electron chi connectivity index (χ4n) is 3.28. The van der Waals surface area contributed by atoms with Crippen LogP contribution in [0.2, 0.25) is 5.02 Å². The molecule has 2 aliphatic rings. The first-order chi connectivity index (χ1) is 15.3. The number of allylic oxidation sites excluding steroid dienone is 2. The molecule has 2 aromatic carbocycles. The summed E-state index contributed by atoms with van der Waals surface area (Å²) in [6.45, 7) is 1.90. The van der Waals surface area contributed by atoms with E-state index < -0.39 is 11.7 Å². The molecule has 11 heteroatoms. The Hall–Kier alpha value is -3.24. The van der Waals surface area contributed by atoms with Crippen molar-refractivity contribution in [3.05, 3.63) is 82.5 Å². The molecular formula is C21H15ClF3N5OS. The number of anilines is 2. The van der Waals surface area contributed by atoms with Gasteiger partial charge in [0.15, 0.2) is 0 Å². The topological polar surface area (TPSA) is 65.2 Å². The van der Waals surface area contributed by atoms with Crippen LogP contribution in [0.1, 0.15) is 11.1 Å². The van der Waals surface area contributed by atoms with E-state index in [9.17, 15) is 13.2 Å². The van der Waals surface area contributed by atoms with Crippen LogP contribution in [0.25, 0.3) is 11.0 Å². The van der Waals surface area contributed by atoms with Gasteiger partial charge in [-0.15, -0.1) is 0 Å². The first kappa shape index (κ1) is 20.7. The van der Waals surface area contributed by atoms with Crippen molar-refractivity contribution in [1.82, 2.24) is 19.0 Å². The lowest BCUT2D eigenvalue weighted by Gasteiger charge is -2.18. The number of rotatable bonds is 4. The summed E-state index contributed by atoms with van der Waals surface area (Å²) in [6, 6.07) is 7.31. The molecule has 0 amide bonds. The average molecular weight is 478 g/mol. The molecule has 0 aliphatic carbocycles. The van der Waals surface area contributed by atoms with Crippen molar-refractivity contribution in [2.24, 2.45) is 0 Å². The highest BCUT2D eigenvalue weighted by molar-refractivity contribution is 7.95. The van der Waals surface area contributed by atoms with E-state index in [4.69, 9.17) is 16.3 Å². The van der Waals surface area contributed by atoms with E-state index in [0.29, 0.717) is 22.7 Å². The van der Waals surface area contributed by atoms with Gasteiger partial charge in [-0.05, 0) is 48.9 Å². The Bertz CT molecular complexity index is 1310. The Morgan fingerprint density at radius 2 is 2.06 bits per heavy atom. The quantitative estimate of drug-likeness (QED) is 0.378. The second kappa shape index (κ2) is 7.72. The predicted octanol–water partition coefficient (Wildman–Crippen LogP) is 6.39. The number of benzene rings is 2. The smallest absolute Gasteiger partial charge is 0.416 e. The molecule has 3 heterocycles. The zero-order chi connectivity index (χ0) is 22.5. The molecule has 164 valence electrons. The second-order valence-corrected chi connectivity index (χ2v) is 8.33. The minimum Gasteiger partial charge on any atom is -0.457 e. The molecule has 5 rings (SSSR count). The molecule has 0 spiro atoms. The number of hydrogen-bond donors (Lipinski definition) is 3. The first-order valence-corrected chi connectivity index (χ1v) is 10.6. The standard InChI is InChI=1S/C21H15ClF3N5OS/c1-11-6-13(2-3-18(11)31-15-4-5-30-14(9-15)10-26-32-30)27-20-28-17-8-12(21(23,24)25)7-16(22)19(17)29-20/h2-10,26H,1H3,(H2,27,28,29). The number of fused-ring (bicyclic) bond motifs is 2. The molecule has 0 unspecified atom stereocenters. The van der Waals surface area contributed by atoms with Crippen molar-refractivity contribution in [1.29, 1.82) is 0 Å². The van der Waals surface area contributed by atoms with Gasteiger partial charge >= 0.3 is 6.18 Å². The van der Waals surface area contributed by atoms with Crippen molar-refractivity contribution >= 4 is 46.4 Å². The number of ether oxygens (including phenoxy) is 1. The van der Waals surface area contributed by atoms with Gasteiger partial charge in [0.1, 0.15) is 11.5 Å². The minimum absolute atomic E-state index is 0.0475. The number of hydrogen-bond acceptors (Lipinski definition) is 6. The fourth-order valence-corrected chi connectivity index (χ4v) is 4.16. The summed E-state index contributed by atoms with van der Waals surface area (Å²) in [6.07, 6.45) is 3.09. The Morgan fingerprint density at radius 1 is 1.22 bits per heavy atom. The Kier molecular flexibility index (Phi) is 4.98. The van der Waals surface area contributed by atoms with Crippen molar-refractivity contribution in [2.75, 3.05) is 5.32 Å². The van der Waals surface area contributed by atoms with Crippen LogP contribution in [0.3, 0.4) is 0 Å². The number of nitrogens with zero attached hydrogens (tertiary/aromatic N) is 2. The van der Waals surface area contributed by atoms with Crippen molar-refractivity contribution in [2.45, 2.75) is 13.1 Å². The highest BCUT2D eigenvalue weighted by atomic mass is 35.5. The summed E-state index contributed by atoms with van der Waals surface area (Å²) in [4.78, 5) is 7.12. The Morgan fingerprint density at radius 3 is 2.84 bits per heavy atom. The number of H-pyrrole nitrogens is 1. The number of alkyl halides is 3. The molecule has 0 radical (unpaired) electrons. The molecule has 3 aromatic rings. The van der Waals surface area contributed by atoms with Crippen LogP contribution in [0.4, 0.5) is 24.8 Å². The van der Waals surface area contributed by atoms with Gasteiger partial charge in [0.05, 0.1) is 39.5 Å². The highest BCUT2D eigenvalue weighted by Crippen LogP contribution is 2.35. The van der Waals surface area contributed by atoms with Crippen LogP contribution in [0.5, 0.6) is 5.75 Å². The van der Waals surface area contributed by atoms with Crippen molar-refractivity contribution < 1.29 is 17.9 Å². The maximum absolute atomic E-state index is 13.0. The third-order valence-corrected chi connectivity index (χ3v) is 5.87. The number of aryl methyl sites for hydroxylation is 1. The van der Waals surface area contributed by atoms with E-state index in [0.717, 1.165) is 23.4 Å². The van der Waals surface area contributed by atoms with Gasteiger partial charge in [0, 0.05) is 24.2 Å². The Balaban J connectivity index is 1.35. The normalized spacial score (nSPS) is 15.3. The van der Waals surface area contributed by atoms with Gasteiger partial charge in [-0.2, -0.15) is 13.2 Å². The summed E-state index contributed by atoms with van der Waals surface area (Å²) in [5, 5.41) is 3.02. The molecule has 3 N–H and O–H groups in total. The summed E-state index contributed by atoms with van der Waals surface area (Å²) in [5.74, 6) is 1.67. The van der Waals surface area contributed by atoms with Gasteiger partial charge in [-0.3, -0.25) is 4.31 Å². The SMILES string of the molecule is Cc1cc(Nc2nc3cc(C(F)(F)F)cc(Cl)c3[nH]2)ccc1OC1=CC2=CNSN2C=C1. The number of nitrogens with one attached hydrogen (secondary N) is 3. The van der Waals surface area contributed by atoms with Gasteiger partial charge in [-0.25, -0.2) is 4.98 Å². The lowest BCUT2D eigenvalue weighted by Crippen LogP contribution is -2.08. The first-order valence-electron chi connectivity index (χ1n) is 9.40. The monoisotopic (exact) mass is 477 g/mol. The molecule has 6 nitrogen and oxygen atoms in total. The molecule has 0 saturated carbocycles. The number of aromatic nitrogens is 2. The van der Waals surface area contributed by atoms with E-state index in [1.807, 2.05) is 47.9 Å². The van der Waals surface area contributed by atoms with E-state index in [-0.39, 0.29) is 16.5 Å². The fraction of sp³-hybridized carbons (Fsp3) is 0.0952. The van der Waals surface area contributed by atoms with E-state index in [1.54, 1.807) is 6.07 Å². The third-order valence-electron chi connectivity index (χ3n) is 4.81. The molecule has 0 saturated heterocycles. The second-order valence-electron chi connectivity index (χ2n) is 7.11. The summed E-state index contributed by atoms with van der Waals surface area (Å²) < 4.78 is 50.1. The molecule has 32 heavy (non-hydrogen) atoms. The lowest BCUT2D eigenvalue weighted by atomic mass is 10.2. The van der Waals surface area contributed by atoms with Crippen LogP contribution in [0, 0.1) is 6.92 Å². The largest absolute Gasteiger partial charge is 0.457 e. The van der Waals surface area contributed by atoms with Gasteiger partial charge < -0.3 is 19.8 Å². The van der Waals surface area contributed by atoms with E-state index in [2.05, 4.69) is 20.0 Å². The number of imidazole rings is 1. The maximum Gasteiger partial charge on any atom is 0.416 e. The van der Waals surface area contributed by atoms with Gasteiger partial charge in [0.25, 0.3) is 0 Å². The zero-order valence-electron chi connectivity index (χ0n) is 16.4. The predicted molar refractivity (Wildman–Crippen MR) is 119 cm³/mol. The van der Waals surface area contributed by atoms with Gasteiger partial charge in [0.2, 0.25) is 5.95 Å². The van der Waals surface area contributed by atoms with Crippen LogP contribution in [-0.4, -0.2) is 14.3 Å². The van der Waals surface area contributed by atoms with Crippen LogP contribution >= 0.6 is 23.7 Å². The van der Waals surface area contributed by atoms with Crippen LogP contribution in [0.15, 0.2) is 66.3 Å². The number of halogens is 4. The molecular weight excluding hydrogens is 463 g/mol. The Labute approximate surface area is 190 Å². The molecule has 0 atom stereocenters. The highest BCUT2D eigenvalue weighted by Gasteiger charge is 2.31.